The lowest BCUT2D eigenvalue weighted by atomic mass is 10.3. The van der Waals surface area contributed by atoms with E-state index in [1.807, 2.05) is 0 Å². The van der Waals surface area contributed by atoms with Crippen LogP contribution in [0.3, 0.4) is 0 Å². The summed E-state index contributed by atoms with van der Waals surface area (Å²) < 4.78 is 57.4. The Morgan fingerprint density at radius 1 is 0.913 bits per heavy atom. The van der Waals surface area contributed by atoms with Crippen LogP contribution < -0.4 is 4.74 Å². The summed E-state index contributed by atoms with van der Waals surface area (Å²) in [7, 11) is -5.32. The lowest BCUT2D eigenvalue weighted by molar-refractivity contribution is 0.272. The molecule has 0 amide bonds. The molecule has 9 heteroatoms. The molecule has 1 heterocycles. The summed E-state index contributed by atoms with van der Waals surface area (Å²) in [5.74, 6) is 0.587. The molecule has 128 valence electrons. The highest BCUT2D eigenvalue weighted by molar-refractivity contribution is 7.90. The second kappa shape index (κ2) is 6.04. The van der Waals surface area contributed by atoms with Crippen molar-refractivity contribution in [3.63, 3.8) is 0 Å². The molecule has 1 aromatic carbocycles. The SMILES string of the molecule is COc1ccc(S(=O)(=O)N2CCN(S(=O)(=O)C3CC3)CC2)cc1. The number of rotatable bonds is 5. The van der Waals surface area contributed by atoms with Gasteiger partial charge in [-0.25, -0.2) is 16.8 Å². The van der Waals surface area contributed by atoms with Gasteiger partial charge in [-0.2, -0.15) is 8.61 Å². The molecular formula is C14H20N2O5S2. The van der Waals surface area contributed by atoms with Gasteiger partial charge in [0.15, 0.2) is 0 Å². The van der Waals surface area contributed by atoms with Gasteiger partial charge < -0.3 is 4.74 Å². The van der Waals surface area contributed by atoms with Crippen molar-refractivity contribution in [2.24, 2.45) is 0 Å². The van der Waals surface area contributed by atoms with Crippen molar-refractivity contribution in [2.45, 2.75) is 23.0 Å². The van der Waals surface area contributed by atoms with Crippen molar-refractivity contribution < 1.29 is 21.6 Å². The van der Waals surface area contributed by atoms with Gasteiger partial charge in [-0.3, -0.25) is 0 Å². The van der Waals surface area contributed by atoms with Crippen molar-refractivity contribution >= 4 is 20.0 Å². The minimum absolute atomic E-state index is 0.181. The van der Waals surface area contributed by atoms with E-state index in [0.29, 0.717) is 18.6 Å². The molecule has 7 nitrogen and oxygen atoms in total. The Balaban J connectivity index is 1.70. The molecule has 3 rings (SSSR count). The molecular weight excluding hydrogens is 340 g/mol. The van der Waals surface area contributed by atoms with Crippen LogP contribution in [0.5, 0.6) is 5.75 Å². The van der Waals surface area contributed by atoms with Gasteiger partial charge in [0.1, 0.15) is 5.75 Å². The molecule has 23 heavy (non-hydrogen) atoms. The fourth-order valence-electron chi connectivity index (χ4n) is 2.64. The molecule has 1 aromatic rings. The van der Waals surface area contributed by atoms with Gasteiger partial charge in [0.2, 0.25) is 20.0 Å². The van der Waals surface area contributed by atoms with E-state index in [1.165, 1.54) is 27.9 Å². The molecule has 1 saturated heterocycles. The fraction of sp³-hybridized carbons (Fsp3) is 0.571. The maximum atomic E-state index is 12.6. The van der Waals surface area contributed by atoms with Crippen molar-refractivity contribution in [1.29, 1.82) is 0 Å². The van der Waals surface area contributed by atoms with Crippen LogP contribution in [0.4, 0.5) is 0 Å². The van der Waals surface area contributed by atoms with Crippen LogP contribution in [0, 0.1) is 0 Å². The first kappa shape index (κ1) is 16.7. The third-order valence-corrected chi connectivity index (χ3v) is 8.51. The summed E-state index contributed by atoms with van der Waals surface area (Å²) in [6.45, 7) is 0.795. The lowest BCUT2D eigenvalue weighted by Crippen LogP contribution is -2.51. The smallest absolute Gasteiger partial charge is 0.243 e. The number of benzene rings is 1. The van der Waals surface area contributed by atoms with Crippen LogP contribution in [0.1, 0.15) is 12.8 Å². The first-order chi connectivity index (χ1) is 10.9. The topological polar surface area (TPSA) is 84.0 Å². The van der Waals surface area contributed by atoms with Gasteiger partial charge in [-0.1, -0.05) is 0 Å². The van der Waals surface area contributed by atoms with E-state index >= 15 is 0 Å². The van der Waals surface area contributed by atoms with Crippen LogP contribution in [0.25, 0.3) is 0 Å². The Hall–Kier alpha value is -1.16. The van der Waals surface area contributed by atoms with Crippen molar-refractivity contribution in [3.05, 3.63) is 24.3 Å². The predicted molar refractivity (Wildman–Crippen MR) is 85.3 cm³/mol. The molecule has 0 bridgehead atoms. The summed E-state index contributed by atoms with van der Waals surface area (Å²) in [4.78, 5) is 0.191. The van der Waals surface area contributed by atoms with Gasteiger partial charge in [-0.15, -0.1) is 0 Å². The Morgan fingerprint density at radius 2 is 1.43 bits per heavy atom. The van der Waals surface area contributed by atoms with Crippen LogP contribution in [0.15, 0.2) is 29.2 Å². The molecule has 0 atom stereocenters. The van der Waals surface area contributed by atoms with Crippen LogP contribution in [-0.4, -0.2) is 64.0 Å². The second-order valence-electron chi connectivity index (χ2n) is 5.72. The zero-order chi connectivity index (χ0) is 16.7. The van der Waals surface area contributed by atoms with Crippen LogP contribution in [0.2, 0.25) is 0 Å². The molecule has 2 aliphatic rings. The summed E-state index contributed by atoms with van der Waals surface area (Å²) in [5.41, 5.74) is 0. The molecule has 0 unspecified atom stereocenters. The quantitative estimate of drug-likeness (QED) is 0.763. The van der Waals surface area contributed by atoms with Gasteiger partial charge in [-0.05, 0) is 37.1 Å². The second-order valence-corrected chi connectivity index (χ2v) is 9.87. The summed E-state index contributed by atoms with van der Waals surface area (Å²) >= 11 is 0. The maximum Gasteiger partial charge on any atom is 0.243 e. The van der Waals surface area contributed by atoms with Gasteiger partial charge >= 0.3 is 0 Å². The van der Waals surface area contributed by atoms with E-state index in [-0.39, 0.29) is 36.3 Å². The summed E-state index contributed by atoms with van der Waals surface area (Å²) in [5, 5.41) is -0.257. The Bertz CT molecular complexity index is 762. The van der Waals surface area contributed by atoms with E-state index in [2.05, 4.69) is 0 Å². The third kappa shape index (κ3) is 3.23. The van der Waals surface area contributed by atoms with Crippen LogP contribution >= 0.6 is 0 Å². The van der Waals surface area contributed by atoms with Crippen molar-refractivity contribution in [3.8, 4) is 5.75 Å². The minimum Gasteiger partial charge on any atom is -0.497 e. The monoisotopic (exact) mass is 360 g/mol. The zero-order valence-corrected chi connectivity index (χ0v) is 14.5. The average Bonchev–Trinajstić information content (AvgIpc) is 3.40. The molecule has 2 fully saturated rings. The Morgan fingerprint density at radius 3 is 1.91 bits per heavy atom. The standard InChI is InChI=1S/C14H20N2O5S2/c1-21-12-2-4-13(5-3-12)22(17,18)15-8-10-16(11-9-15)23(19,20)14-6-7-14/h2-5,14H,6-11H2,1H3. The Labute approximate surface area is 136 Å². The van der Waals surface area contributed by atoms with E-state index in [0.717, 1.165) is 0 Å². The van der Waals surface area contributed by atoms with Gasteiger partial charge in [0, 0.05) is 26.2 Å². The first-order valence-corrected chi connectivity index (χ1v) is 10.4. The lowest BCUT2D eigenvalue weighted by Gasteiger charge is -2.33. The van der Waals surface area contributed by atoms with Gasteiger partial charge in [0.25, 0.3) is 0 Å². The molecule has 1 aliphatic carbocycles. The van der Waals surface area contributed by atoms with E-state index in [1.54, 1.807) is 12.1 Å². The third-order valence-electron chi connectivity index (χ3n) is 4.20. The number of sulfonamides is 2. The van der Waals surface area contributed by atoms with E-state index in [9.17, 15) is 16.8 Å². The van der Waals surface area contributed by atoms with Gasteiger partial charge in [0.05, 0.1) is 17.3 Å². The number of piperazine rings is 1. The molecule has 1 aliphatic heterocycles. The zero-order valence-electron chi connectivity index (χ0n) is 12.9. The highest BCUT2D eigenvalue weighted by Crippen LogP contribution is 2.32. The largest absolute Gasteiger partial charge is 0.497 e. The normalized spacial score (nSPS) is 21.3. The van der Waals surface area contributed by atoms with E-state index in [4.69, 9.17) is 4.74 Å². The molecule has 0 spiro atoms. The number of nitrogens with zero attached hydrogens (tertiary/aromatic N) is 2. The number of hydrogen-bond donors (Lipinski definition) is 0. The number of hydrogen-bond acceptors (Lipinski definition) is 5. The highest BCUT2D eigenvalue weighted by Gasteiger charge is 2.42. The average molecular weight is 360 g/mol. The molecule has 0 radical (unpaired) electrons. The fourth-order valence-corrected chi connectivity index (χ4v) is 5.89. The number of methoxy groups -OCH3 is 1. The Kier molecular flexibility index (Phi) is 4.39. The first-order valence-electron chi connectivity index (χ1n) is 7.49. The minimum atomic E-state index is -3.60. The summed E-state index contributed by atoms with van der Waals surface area (Å²) in [6, 6.07) is 6.20. The molecule has 0 N–H and O–H groups in total. The molecule has 1 saturated carbocycles. The maximum absolute atomic E-state index is 12.6. The van der Waals surface area contributed by atoms with Crippen molar-refractivity contribution in [1.82, 2.24) is 8.61 Å². The van der Waals surface area contributed by atoms with Crippen LogP contribution in [-0.2, 0) is 20.0 Å². The summed E-state index contributed by atoms with van der Waals surface area (Å²) in [6.07, 6.45) is 1.43. The highest BCUT2D eigenvalue weighted by atomic mass is 32.2. The molecule has 0 aromatic heterocycles. The van der Waals surface area contributed by atoms with E-state index < -0.39 is 20.0 Å². The number of ether oxygens (including phenoxy) is 1. The van der Waals surface area contributed by atoms with Crippen molar-refractivity contribution in [2.75, 3.05) is 33.3 Å². The predicted octanol–water partition coefficient (Wildman–Crippen LogP) is 0.494.